The summed E-state index contributed by atoms with van der Waals surface area (Å²) >= 11 is 0. The second-order valence-electron chi connectivity index (χ2n) is 19.8. The first-order chi connectivity index (χ1) is 32.2. The summed E-state index contributed by atoms with van der Waals surface area (Å²) in [5.74, 6) is -2.63. The molecule has 18 nitrogen and oxygen atoms in total. The zero-order valence-corrected chi connectivity index (χ0v) is 43.0. The van der Waals surface area contributed by atoms with Crippen LogP contribution in [0.25, 0.3) is 0 Å². The van der Waals surface area contributed by atoms with Crippen LogP contribution in [0.1, 0.15) is 119 Å². The number of ether oxygens (including phenoxy) is 3. The van der Waals surface area contributed by atoms with Crippen molar-refractivity contribution in [1.82, 2.24) is 41.7 Å². The molecule has 0 aromatic heterocycles. The van der Waals surface area contributed by atoms with Gasteiger partial charge in [-0.2, -0.15) is 0 Å². The zero-order valence-electron chi connectivity index (χ0n) is 43.0. The van der Waals surface area contributed by atoms with E-state index in [1.807, 2.05) is 65.0 Å². The SMILES string of the molecule is CCC(C)C(C(CC(=O)N1CCCC1C(OC)C(C)C(=O)NC(Cc1ccccc1)C(=O)NCCNCOCCCCCCC1NC(=O)NC1C)OC)N(C)C(=O)C(NC(=O)C(C)(C)N)C(C)C. The maximum atomic E-state index is 14.4. The Morgan fingerprint density at radius 2 is 1.63 bits per heavy atom. The number of unbranched alkanes of at least 4 members (excludes halogenated alkanes) is 3. The first-order valence-electron chi connectivity index (χ1n) is 24.9. The monoisotopic (exact) mass is 958 g/mol. The second kappa shape index (κ2) is 29.0. The van der Waals surface area contributed by atoms with E-state index in [0.29, 0.717) is 52.2 Å². The molecule has 2 fully saturated rings. The quantitative estimate of drug-likeness (QED) is 0.0422. The number of carbonyl (C=O) groups excluding carboxylic acids is 6. The molecule has 18 heteroatoms. The van der Waals surface area contributed by atoms with Crippen molar-refractivity contribution < 1.29 is 43.0 Å². The van der Waals surface area contributed by atoms with Gasteiger partial charge in [-0.15, -0.1) is 0 Å². The van der Waals surface area contributed by atoms with E-state index in [4.69, 9.17) is 19.9 Å². The number of likely N-dealkylation sites (N-methyl/N-ethyl adjacent to an activating group) is 1. The van der Waals surface area contributed by atoms with Crippen molar-refractivity contribution in [2.45, 2.75) is 174 Å². The van der Waals surface area contributed by atoms with E-state index < -0.39 is 53.7 Å². The van der Waals surface area contributed by atoms with Gasteiger partial charge in [0.2, 0.25) is 29.5 Å². The lowest BCUT2D eigenvalue weighted by Crippen LogP contribution is -2.60. The summed E-state index contributed by atoms with van der Waals surface area (Å²) in [7, 11) is 4.76. The number of carbonyl (C=O) groups is 6. The number of amides is 7. The minimum Gasteiger partial charge on any atom is -0.379 e. The van der Waals surface area contributed by atoms with E-state index in [9.17, 15) is 28.8 Å². The van der Waals surface area contributed by atoms with Crippen LogP contribution in [0.5, 0.6) is 0 Å². The van der Waals surface area contributed by atoms with Crippen molar-refractivity contribution in [3.05, 3.63) is 35.9 Å². The van der Waals surface area contributed by atoms with Gasteiger partial charge in [0.1, 0.15) is 12.1 Å². The highest BCUT2D eigenvalue weighted by Crippen LogP contribution is 2.30. The molecule has 2 aliphatic rings. The fourth-order valence-electron chi connectivity index (χ4n) is 9.23. The number of likely N-dealkylation sites (tertiary alicyclic amines) is 1. The number of nitrogens with one attached hydrogen (secondary N) is 6. The van der Waals surface area contributed by atoms with E-state index in [1.54, 1.807) is 37.6 Å². The highest BCUT2D eigenvalue weighted by molar-refractivity contribution is 5.92. The summed E-state index contributed by atoms with van der Waals surface area (Å²) in [6.07, 6.45) is 6.00. The minimum atomic E-state index is -1.18. The Morgan fingerprint density at radius 3 is 2.24 bits per heavy atom. The summed E-state index contributed by atoms with van der Waals surface area (Å²) in [5.41, 5.74) is 5.77. The van der Waals surface area contributed by atoms with E-state index in [-0.39, 0.29) is 66.4 Å². The molecule has 2 heterocycles. The number of rotatable bonds is 31. The summed E-state index contributed by atoms with van der Waals surface area (Å²) in [5, 5.41) is 17.8. The first kappa shape index (κ1) is 58.0. The lowest BCUT2D eigenvalue weighted by molar-refractivity contribution is -0.148. The van der Waals surface area contributed by atoms with Gasteiger partial charge in [0.25, 0.3) is 0 Å². The Morgan fingerprint density at radius 1 is 0.941 bits per heavy atom. The van der Waals surface area contributed by atoms with Crippen molar-refractivity contribution in [2.24, 2.45) is 23.5 Å². The van der Waals surface area contributed by atoms with Crippen LogP contribution in [0.2, 0.25) is 0 Å². The highest BCUT2D eigenvalue weighted by Gasteiger charge is 2.43. The molecule has 8 N–H and O–H groups in total. The van der Waals surface area contributed by atoms with Gasteiger partial charge in [-0.3, -0.25) is 29.3 Å². The molecule has 1 aromatic rings. The predicted octanol–water partition coefficient (Wildman–Crippen LogP) is 3.21. The van der Waals surface area contributed by atoms with Crippen molar-refractivity contribution in [2.75, 3.05) is 54.2 Å². The molecule has 2 aliphatic heterocycles. The third kappa shape index (κ3) is 17.9. The number of methoxy groups -OCH3 is 2. The van der Waals surface area contributed by atoms with Crippen LogP contribution in [0, 0.1) is 17.8 Å². The Bertz CT molecular complexity index is 1730. The van der Waals surface area contributed by atoms with Gasteiger partial charge in [0.05, 0.1) is 54.9 Å². The number of urea groups is 1. The predicted molar refractivity (Wildman–Crippen MR) is 263 cm³/mol. The molecule has 386 valence electrons. The molecule has 3 rings (SSSR count). The van der Waals surface area contributed by atoms with Crippen molar-refractivity contribution >= 4 is 35.6 Å². The average Bonchev–Trinajstić information content (AvgIpc) is 3.92. The van der Waals surface area contributed by atoms with Crippen LogP contribution < -0.4 is 37.6 Å². The topological polar surface area (TPSA) is 235 Å². The molecule has 0 saturated carbocycles. The van der Waals surface area contributed by atoms with Crippen molar-refractivity contribution in [3.8, 4) is 0 Å². The van der Waals surface area contributed by atoms with Crippen molar-refractivity contribution in [3.63, 3.8) is 0 Å². The third-order valence-electron chi connectivity index (χ3n) is 13.6. The fourth-order valence-corrected chi connectivity index (χ4v) is 9.23. The average molecular weight is 958 g/mol. The second-order valence-corrected chi connectivity index (χ2v) is 19.8. The minimum absolute atomic E-state index is 0.0204. The smallest absolute Gasteiger partial charge is 0.315 e. The van der Waals surface area contributed by atoms with Crippen molar-refractivity contribution in [1.29, 1.82) is 0 Å². The Kier molecular flexibility index (Phi) is 24.7. The molecular weight excluding hydrogens is 871 g/mol. The Hall–Kier alpha value is -4.36. The van der Waals surface area contributed by atoms with Gasteiger partial charge in [-0.1, -0.05) is 90.6 Å². The number of benzene rings is 1. The normalized spacial score (nSPS) is 20.3. The molecule has 10 atom stereocenters. The molecular formula is C50H87N9O9. The van der Waals surface area contributed by atoms with Gasteiger partial charge >= 0.3 is 6.03 Å². The van der Waals surface area contributed by atoms with Crippen LogP contribution in [0.4, 0.5) is 4.79 Å². The first-order valence-corrected chi connectivity index (χ1v) is 24.9. The summed E-state index contributed by atoms with van der Waals surface area (Å²) in [6.45, 7) is 16.9. The van der Waals surface area contributed by atoms with E-state index in [2.05, 4.69) is 31.9 Å². The van der Waals surface area contributed by atoms with Gasteiger partial charge in [-0.05, 0) is 63.9 Å². The maximum Gasteiger partial charge on any atom is 0.315 e. The van der Waals surface area contributed by atoms with E-state index in [0.717, 1.165) is 37.7 Å². The lowest BCUT2D eigenvalue weighted by Gasteiger charge is -2.41. The van der Waals surface area contributed by atoms with Gasteiger partial charge in [0.15, 0.2) is 0 Å². The molecule has 0 radical (unpaired) electrons. The number of nitrogens with two attached hydrogens (primary N) is 1. The largest absolute Gasteiger partial charge is 0.379 e. The summed E-state index contributed by atoms with van der Waals surface area (Å²) in [4.78, 5) is 84.0. The molecule has 7 amide bonds. The third-order valence-corrected chi connectivity index (χ3v) is 13.6. The van der Waals surface area contributed by atoms with E-state index in [1.165, 1.54) is 14.2 Å². The van der Waals surface area contributed by atoms with Gasteiger partial charge in [0, 0.05) is 60.0 Å². The molecule has 2 saturated heterocycles. The van der Waals surface area contributed by atoms with Crippen LogP contribution in [-0.2, 0) is 44.6 Å². The molecule has 0 spiro atoms. The van der Waals surface area contributed by atoms with E-state index >= 15 is 0 Å². The lowest BCUT2D eigenvalue weighted by atomic mass is 9.89. The zero-order chi connectivity index (χ0) is 50.6. The van der Waals surface area contributed by atoms with Gasteiger partial charge in [-0.25, -0.2) is 4.79 Å². The van der Waals surface area contributed by atoms with Crippen LogP contribution in [0.3, 0.4) is 0 Å². The van der Waals surface area contributed by atoms with Crippen LogP contribution in [-0.4, -0.2) is 154 Å². The maximum absolute atomic E-state index is 14.4. The summed E-state index contributed by atoms with van der Waals surface area (Å²) in [6, 6.07) is 7.14. The standard InChI is InChI=1S/C50H87N9O9/c1-12-33(4)43(58(9)47(63)42(32(2)3)57-48(64)50(7,8)51)40(66-10)30-41(60)59-27-20-24-39(59)44(67-11)34(5)45(61)55-38(29-36-21-16-15-17-22-36)46(62)53-26-25-52-31-68-28-19-14-13-18-23-37-35(6)54-49(65)56-37/h15-17,21-22,32-35,37-40,42-44,52H,12-14,18-20,23-31,51H2,1-11H3,(H,53,62)(H,55,61)(H,57,64)(H2,54,56,65). The molecule has 10 unspecified atom stereocenters. The Labute approximate surface area is 406 Å². The highest BCUT2D eigenvalue weighted by atomic mass is 16.5. The molecule has 0 aliphatic carbocycles. The molecule has 0 bridgehead atoms. The number of nitrogens with zero attached hydrogens (tertiary/aromatic N) is 2. The number of hydrogen-bond donors (Lipinski definition) is 7. The van der Waals surface area contributed by atoms with Crippen LogP contribution >= 0.6 is 0 Å². The van der Waals surface area contributed by atoms with Gasteiger partial charge < -0.3 is 56.3 Å². The van der Waals surface area contributed by atoms with Crippen LogP contribution in [0.15, 0.2) is 30.3 Å². The summed E-state index contributed by atoms with van der Waals surface area (Å²) < 4.78 is 17.8. The molecule has 68 heavy (non-hydrogen) atoms. The Balaban J connectivity index is 1.59. The molecule has 1 aromatic carbocycles. The fraction of sp³-hybridized carbons (Fsp3) is 0.760. The number of hydrogen-bond acceptors (Lipinski definition) is 11.